The van der Waals surface area contributed by atoms with Crippen LogP contribution in [0, 0.1) is 0 Å². The first kappa shape index (κ1) is 28.5. The van der Waals surface area contributed by atoms with Crippen LogP contribution in [0.5, 0.6) is 46.0 Å². The summed E-state index contributed by atoms with van der Waals surface area (Å²) in [5.74, 6) is 5.82. The van der Waals surface area contributed by atoms with Crippen molar-refractivity contribution in [3.63, 3.8) is 0 Å². The van der Waals surface area contributed by atoms with Crippen LogP contribution in [0.1, 0.15) is 0 Å². The monoisotopic (exact) mass is 598 g/mol. The van der Waals surface area contributed by atoms with Gasteiger partial charge in [-0.15, -0.1) is 0 Å². The molecule has 0 bridgehead atoms. The highest BCUT2D eigenvalue weighted by atomic mass is 16.5. The van der Waals surface area contributed by atoms with Gasteiger partial charge in [0.15, 0.2) is 0 Å². The maximum absolute atomic E-state index is 6.29. The number of hydrogen-bond donors (Lipinski definition) is 0. The lowest BCUT2D eigenvalue weighted by Crippen LogP contribution is -1.89. The van der Waals surface area contributed by atoms with Gasteiger partial charge in [0, 0.05) is 12.1 Å². The molecule has 7 rings (SSSR count). The fourth-order valence-corrected chi connectivity index (χ4v) is 5.08. The maximum atomic E-state index is 6.29. The zero-order valence-corrected chi connectivity index (χ0v) is 25.0. The first-order chi connectivity index (χ1) is 22.7. The average Bonchev–Trinajstić information content (AvgIpc) is 3.10. The second kappa shape index (κ2) is 13.6. The average molecular weight is 599 g/mol. The molecule has 7 aromatic carbocycles. The lowest BCUT2D eigenvalue weighted by molar-refractivity contribution is 0.451. The Hall–Kier alpha value is -6.26. The predicted molar refractivity (Wildman–Crippen MR) is 183 cm³/mol. The van der Waals surface area contributed by atoms with Gasteiger partial charge in [0.25, 0.3) is 0 Å². The van der Waals surface area contributed by atoms with Crippen molar-refractivity contribution in [3.05, 3.63) is 182 Å². The van der Waals surface area contributed by atoms with E-state index in [0.717, 1.165) is 45.3 Å². The van der Waals surface area contributed by atoms with E-state index in [-0.39, 0.29) is 0 Å². The number of hydrogen-bond acceptors (Lipinski definition) is 4. The van der Waals surface area contributed by atoms with Crippen LogP contribution in [0.2, 0.25) is 0 Å². The fourth-order valence-electron chi connectivity index (χ4n) is 5.08. The molecule has 0 fully saturated rings. The van der Waals surface area contributed by atoms with Crippen molar-refractivity contribution < 1.29 is 18.9 Å². The van der Waals surface area contributed by atoms with E-state index < -0.39 is 0 Å². The fraction of sp³-hybridized carbons (Fsp3) is 0. The summed E-state index contributed by atoms with van der Waals surface area (Å²) in [6.45, 7) is 0. The highest BCUT2D eigenvalue weighted by Crippen LogP contribution is 2.34. The highest BCUT2D eigenvalue weighted by Gasteiger charge is 2.08. The van der Waals surface area contributed by atoms with Crippen LogP contribution in [0.4, 0.5) is 0 Å². The lowest BCUT2D eigenvalue weighted by atomic mass is 9.99. The topological polar surface area (TPSA) is 36.9 Å². The van der Waals surface area contributed by atoms with Gasteiger partial charge >= 0.3 is 0 Å². The van der Waals surface area contributed by atoms with E-state index in [1.54, 1.807) is 0 Å². The predicted octanol–water partition coefficient (Wildman–Crippen LogP) is 12.2. The molecule has 4 nitrogen and oxygen atoms in total. The normalized spacial score (nSPS) is 10.6. The van der Waals surface area contributed by atoms with Crippen molar-refractivity contribution in [1.29, 1.82) is 0 Å². The van der Waals surface area contributed by atoms with E-state index in [0.29, 0.717) is 23.0 Å². The van der Waals surface area contributed by atoms with Gasteiger partial charge in [-0.05, 0) is 101 Å². The van der Waals surface area contributed by atoms with Crippen molar-refractivity contribution in [3.8, 4) is 68.2 Å². The van der Waals surface area contributed by atoms with Gasteiger partial charge < -0.3 is 18.9 Å². The third kappa shape index (κ3) is 7.26. The van der Waals surface area contributed by atoms with Gasteiger partial charge in [-0.1, -0.05) is 91.0 Å². The molecule has 0 atom stereocenters. The molecule has 0 heterocycles. The molecule has 0 aliphatic rings. The van der Waals surface area contributed by atoms with E-state index in [9.17, 15) is 0 Å². The Morgan fingerprint density at radius 2 is 0.457 bits per heavy atom. The van der Waals surface area contributed by atoms with Gasteiger partial charge in [-0.25, -0.2) is 0 Å². The van der Waals surface area contributed by atoms with Gasteiger partial charge in [-0.3, -0.25) is 0 Å². The summed E-state index contributed by atoms with van der Waals surface area (Å²) in [6.07, 6.45) is 0. The molecule has 0 aliphatic carbocycles. The molecule has 0 aromatic heterocycles. The van der Waals surface area contributed by atoms with Gasteiger partial charge in [0.05, 0.1) is 0 Å². The zero-order valence-electron chi connectivity index (χ0n) is 25.0. The molecule has 0 aliphatic heterocycles. The number of para-hydroxylation sites is 2. The van der Waals surface area contributed by atoms with Gasteiger partial charge in [0.1, 0.15) is 46.0 Å². The molecular weight excluding hydrogens is 568 g/mol. The van der Waals surface area contributed by atoms with Crippen molar-refractivity contribution in [1.82, 2.24) is 0 Å². The Morgan fingerprint density at radius 3 is 0.848 bits per heavy atom. The second-order valence-electron chi connectivity index (χ2n) is 10.6. The van der Waals surface area contributed by atoms with Crippen LogP contribution in [-0.2, 0) is 0 Å². The quantitative estimate of drug-likeness (QED) is 0.157. The Kier molecular flexibility index (Phi) is 8.42. The van der Waals surface area contributed by atoms with Crippen LogP contribution in [0.25, 0.3) is 22.3 Å². The third-order valence-electron chi connectivity index (χ3n) is 7.24. The summed E-state index contributed by atoms with van der Waals surface area (Å²) in [5, 5.41) is 0. The molecular formula is C42H30O4. The number of benzene rings is 7. The summed E-state index contributed by atoms with van der Waals surface area (Å²) in [4.78, 5) is 0. The van der Waals surface area contributed by atoms with E-state index in [1.807, 2.05) is 140 Å². The number of ether oxygens (including phenoxy) is 4. The summed E-state index contributed by atoms with van der Waals surface area (Å²) in [7, 11) is 0. The number of rotatable bonds is 10. The van der Waals surface area contributed by atoms with Crippen molar-refractivity contribution in [2.45, 2.75) is 0 Å². The minimum absolute atomic E-state index is 0.664. The minimum Gasteiger partial charge on any atom is -0.457 e. The largest absolute Gasteiger partial charge is 0.457 e. The molecule has 0 radical (unpaired) electrons. The maximum Gasteiger partial charge on any atom is 0.131 e. The molecule has 0 amide bonds. The SMILES string of the molecule is c1ccc(Oc2cccc(Oc3cccc(Oc4cccc(-c5cccc(-c6cccc(Oc7ccccc7)c6)c5)c4)c3)c2)cc1. The van der Waals surface area contributed by atoms with Crippen molar-refractivity contribution in [2.75, 3.05) is 0 Å². The zero-order chi connectivity index (χ0) is 31.0. The highest BCUT2D eigenvalue weighted by molar-refractivity contribution is 5.74. The van der Waals surface area contributed by atoms with Crippen LogP contribution < -0.4 is 18.9 Å². The molecule has 0 spiro atoms. The first-order valence-corrected chi connectivity index (χ1v) is 15.1. The van der Waals surface area contributed by atoms with E-state index in [2.05, 4.69) is 42.5 Å². The molecule has 4 heteroatoms. The van der Waals surface area contributed by atoms with E-state index >= 15 is 0 Å². The van der Waals surface area contributed by atoms with Crippen LogP contribution in [-0.4, -0.2) is 0 Å². The molecule has 0 unspecified atom stereocenters. The molecule has 46 heavy (non-hydrogen) atoms. The van der Waals surface area contributed by atoms with Crippen LogP contribution in [0.3, 0.4) is 0 Å². The molecule has 0 saturated carbocycles. The molecule has 0 N–H and O–H groups in total. The summed E-state index contributed by atoms with van der Waals surface area (Å²) in [6, 6.07) is 59.4. The van der Waals surface area contributed by atoms with Gasteiger partial charge in [-0.2, -0.15) is 0 Å². The minimum atomic E-state index is 0.664. The lowest BCUT2D eigenvalue weighted by Gasteiger charge is -2.12. The molecule has 222 valence electrons. The van der Waals surface area contributed by atoms with E-state index in [4.69, 9.17) is 18.9 Å². The van der Waals surface area contributed by atoms with Crippen LogP contribution in [0.15, 0.2) is 182 Å². The Morgan fingerprint density at radius 1 is 0.196 bits per heavy atom. The van der Waals surface area contributed by atoms with Crippen molar-refractivity contribution in [2.24, 2.45) is 0 Å². The first-order valence-electron chi connectivity index (χ1n) is 15.1. The molecule has 7 aromatic rings. The second-order valence-corrected chi connectivity index (χ2v) is 10.6. The Balaban J connectivity index is 1.05. The smallest absolute Gasteiger partial charge is 0.131 e. The summed E-state index contributed by atoms with van der Waals surface area (Å²) >= 11 is 0. The van der Waals surface area contributed by atoms with Crippen molar-refractivity contribution >= 4 is 0 Å². The third-order valence-corrected chi connectivity index (χ3v) is 7.24. The van der Waals surface area contributed by atoms with E-state index in [1.165, 1.54) is 0 Å². The van der Waals surface area contributed by atoms with Gasteiger partial charge in [0.2, 0.25) is 0 Å². The standard InChI is InChI=1S/C42H30O4/c1-3-16-35(17-4-1)43-37-20-8-14-33(27-37)31-12-7-13-32(26-31)34-15-9-21-38(28-34)45-40-23-11-25-42(30-40)46-41-24-10-22-39(29-41)44-36-18-5-2-6-19-36/h1-30H. The Bertz CT molecular complexity index is 2050. The Labute approximate surface area is 268 Å². The van der Waals surface area contributed by atoms with Crippen LogP contribution >= 0.6 is 0 Å². The summed E-state index contributed by atoms with van der Waals surface area (Å²) < 4.78 is 24.5. The summed E-state index contributed by atoms with van der Waals surface area (Å²) in [5.41, 5.74) is 4.33. The molecule has 0 saturated heterocycles.